The van der Waals surface area contributed by atoms with Crippen LogP contribution in [0.1, 0.15) is 44.9 Å². The summed E-state index contributed by atoms with van der Waals surface area (Å²) in [4.78, 5) is 14.1. The van der Waals surface area contributed by atoms with E-state index in [1.807, 2.05) is 6.07 Å². The molecule has 2 heterocycles. The number of sulfone groups is 1. The van der Waals surface area contributed by atoms with Gasteiger partial charge in [-0.2, -0.15) is 0 Å². The average molecular weight is 313 g/mol. The zero-order chi connectivity index (χ0) is 15.5. The quantitative estimate of drug-likeness (QED) is 0.837. The number of amides is 1. The molecule has 1 saturated heterocycles. The van der Waals surface area contributed by atoms with E-state index in [1.54, 1.807) is 24.2 Å². The zero-order valence-electron chi connectivity index (χ0n) is 12.6. The molecule has 1 fully saturated rings. The van der Waals surface area contributed by atoms with Gasteiger partial charge in [-0.3, -0.25) is 4.79 Å². The van der Waals surface area contributed by atoms with Gasteiger partial charge in [-0.15, -0.1) is 0 Å². The van der Waals surface area contributed by atoms with Crippen LogP contribution in [0.2, 0.25) is 0 Å². The van der Waals surface area contributed by atoms with E-state index in [2.05, 4.69) is 6.92 Å². The summed E-state index contributed by atoms with van der Waals surface area (Å²) < 4.78 is 29.2. The molecule has 2 rings (SSSR count). The Bertz CT molecular complexity index is 565. The topological polar surface area (TPSA) is 67.6 Å². The molecule has 0 unspecified atom stereocenters. The smallest absolute Gasteiger partial charge is 0.238 e. The van der Waals surface area contributed by atoms with Crippen molar-refractivity contribution in [2.75, 3.05) is 18.1 Å². The summed E-state index contributed by atoms with van der Waals surface area (Å²) in [5.41, 5.74) is 0. The first-order chi connectivity index (χ1) is 9.93. The summed E-state index contributed by atoms with van der Waals surface area (Å²) in [5, 5.41) is 0. The highest BCUT2D eigenvalue weighted by Crippen LogP contribution is 2.34. The predicted molar refractivity (Wildman–Crippen MR) is 80.5 cm³/mol. The van der Waals surface area contributed by atoms with E-state index in [0.717, 1.165) is 18.6 Å². The summed E-state index contributed by atoms with van der Waals surface area (Å²) >= 11 is 0. The van der Waals surface area contributed by atoms with Crippen LogP contribution in [0.15, 0.2) is 22.8 Å². The highest BCUT2D eigenvalue weighted by molar-refractivity contribution is 7.92. The standard InChI is InChI=1S/C15H23NO4S/c1-3-9-21(18,19)11-15(17)16-7-6-12(2)10-13(16)14-5-4-8-20-14/h4-5,8,12-13H,3,6-7,9-11H2,1-2H3/t12-,13+/m1/s1. The van der Waals surface area contributed by atoms with Crippen molar-refractivity contribution >= 4 is 15.7 Å². The first-order valence-corrected chi connectivity index (χ1v) is 9.28. The largest absolute Gasteiger partial charge is 0.467 e. The normalized spacial score (nSPS) is 23.2. The molecule has 0 bridgehead atoms. The van der Waals surface area contributed by atoms with Crippen LogP contribution in [0.3, 0.4) is 0 Å². The van der Waals surface area contributed by atoms with Crippen LogP contribution in [-0.2, 0) is 14.6 Å². The van der Waals surface area contributed by atoms with E-state index in [-0.39, 0.29) is 17.7 Å². The Morgan fingerprint density at radius 3 is 2.86 bits per heavy atom. The molecule has 1 aromatic rings. The van der Waals surface area contributed by atoms with Crippen LogP contribution >= 0.6 is 0 Å². The number of carbonyl (C=O) groups is 1. The van der Waals surface area contributed by atoms with Crippen molar-refractivity contribution in [3.63, 3.8) is 0 Å². The molecule has 1 aliphatic heterocycles. The third kappa shape index (κ3) is 4.09. The third-order valence-electron chi connectivity index (χ3n) is 3.92. The Balaban J connectivity index is 2.14. The Morgan fingerprint density at radius 1 is 1.48 bits per heavy atom. The van der Waals surface area contributed by atoms with Gasteiger partial charge in [-0.1, -0.05) is 13.8 Å². The van der Waals surface area contributed by atoms with Crippen LogP contribution < -0.4 is 0 Å². The average Bonchev–Trinajstić information content (AvgIpc) is 2.91. The summed E-state index contributed by atoms with van der Waals surface area (Å²) in [7, 11) is -3.31. The number of hydrogen-bond donors (Lipinski definition) is 0. The van der Waals surface area contributed by atoms with E-state index in [9.17, 15) is 13.2 Å². The molecule has 0 N–H and O–H groups in total. The molecule has 0 aromatic carbocycles. The number of nitrogens with zero attached hydrogens (tertiary/aromatic N) is 1. The summed E-state index contributed by atoms with van der Waals surface area (Å²) in [6.45, 7) is 4.54. The molecule has 1 aliphatic rings. The maximum absolute atomic E-state index is 12.4. The maximum Gasteiger partial charge on any atom is 0.238 e. The van der Waals surface area contributed by atoms with Crippen LogP contribution in [0.4, 0.5) is 0 Å². The van der Waals surface area contributed by atoms with Gasteiger partial charge in [0, 0.05) is 6.54 Å². The highest BCUT2D eigenvalue weighted by atomic mass is 32.2. The fourth-order valence-electron chi connectivity index (χ4n) is 2.84. The van der Waals surface area contributed by atoms with E-state index < -0.39 is 15.6 Å². The molecule has 0 aliphatic carbocycles. The molecular formula is C15H23NO4S. The molecule has 1 amide bonds. The Labute approximate surface area is 126 Å². The molecule has 118 valence electrons. The summed E-state index contributed by atoms with van der Waals surface area (Å²) in [6, 6.07) is 3.50. The molecule has 0 spiro atoms. The molecule has 0 saturated carbocycles. The van der Waals surface area contributed by atoms with E-state index >= 15 is 0 Å². The van der Waals surface area contributed by atoms with Crippen molar-refractivity contribution in [1.29, 1.82) is 0 Å². The van der Waals surface area contributed by atoms with Gasteiger partial charge < -0.3 is 9.32 Å². The second kappa shape index (κ2) is 6.64. The van der Waals surface area contributed by atoms with Crippen molar-refractivity contribution in [1.82, 2.24) is 4.90 Å². The molecule has 0 radical (unpaired) electrons. The Morgan fingerprint density at radius 2 is 2.24 bits per heavy atom. The predicted octanol–water partition coefficient (Wildman–Crippen LogP) is 2.40. The molecule has 6 heteroatoms. The zero-order valence-corrected chi connectivity index (χ0v) is 13.4. The lowest BCUT2D eigenvalue weighted by atomic mass is 9.91. The van der Waals surface area contributed by atoms with Crippen molar-refractivity contribution < 1.29 is 17.6 Å². The van der Waals surface area contributed by atoms with Gasteiger partial charge in [0.15, 0.2) is 9.84 Å². The van der Waals surface area contributed by atoms with Gasteiger partial charge in [0.05, 0.1) is 18.1 Å². The third-order valence-corrected chi connectivity index (χ3v) is 5.63. The number of carbonyl (C=O) groups excluding carboxylic acids is 1. The van der Waals surface area contributed by atoms with Crippen molar-refractivity contribution in [2.24, 2.45) is 5.92 Å². The Kier molecular flexibility index (Phi) is 5.08. The molecule has 5 nitrogen and oxygen atoms in total. The number of likely N-dealkylation sites (tertiary alicyclic amines) is 1. The number of rotatable bonds is 5. The first-order valence-electron chi connectivity index (χ1n) is 7.46. The summed E-state index contributed by atoms with van der Waals surface area (Å²) in [5.74, 6) is 0.594. The summed E-state index contributed by atoms with van der Waals surface area (Å²) in [6.07, 6.45) is 3.84. The fraction of sp³-hybridized carbons (Fsp3) is 0.667. The Hall–Kier alpha value is -1.30. The van der Waals surface area contributed by atoms with Crippen LogP contribution in [0.25, 0.3) is 0 Å². The molecule has 1 aromatic heterocycles. The maximum atomic E-state index is 12.4. The van der Waals surface area contributed by atoms with Gasteiger partial charge in [0.1, 0.15) is 11.5 Å². The minimum atomic E-state index is -3.31. The number of piperidine rings is 1. The van der Waals surface area contributed by atoms with E-state index in [1.165, 1.54) is 0 Å². The van der Waals surface area contributed by atoms with Crippen molar-refractivity contribution in [2.45, 2.75) is 39.2 Å². The number of furan rings is 1. The minimum Gasteiger partial charge on any atom is -0.467 e. The lowest BCUT2D eigenvalue weighted by molar-refractivity contribution is -0.133. The second-order valence-corrected chi connectivity index (χ2v) is 8.02. The lowest BCUT2D eigenvalue weighted by Crippen LogP contribution is -2.43. The minimum absolute atomic E-state index is 0.0639. The first kappa shape index (κ1) is 16.1. The van der Waals surface area contributed by atoms with Gasteiger partial charge >= 0.3 is 0 Å². The fourth-order valence-corrected chi connectivity index (χ4v) is 4.15. The lowest BCUT2D eigenvalue weighted by Gasteiger charge is -2.37. The monoisotopic (exact) mass is 313 g/mol. The van der Waals surface area contributed by atoms with Crippen LogP contribution in [0, 0.1) is 5.92 Å². The van der Waals surface area contributed by atoms with Gasteiger partial charge in [0.2, 0.25) is 5.91 Å². The molecule has 21 heavy (non-hydrogen) atoms. The van der Waals surface area contributed by atoms with E-state index in [0.29, 0.717) is 18.9 Å². The number of hydrogen-bond acceptors (Lipinski definition) is 4. The molecular weight excluding hydrogens is 290 g/mol. The second-order valence-electron chi connectivity index (χ2n) is 5.84. The van der Waals surface area contributed by atoms with Crippen LogP contribution in [-0.4, -0.2) is 37.3 Å². The van der Waals surface area contributed by atoms with Crippen molar-refractivity contribution in [3.05, 3.63) is 24.2 Å². The SMILES string of the molecule is CCCS(=O)(=O)CC(=O)N1CC[C@@H](C)C[C@H]1c1ccco1. The van der Waals surface area contributed by atoms with Gasteiger partial charge in [0.25, 0.3) is 0 Å². The molecule has 2 atom stereocenters. The van der Waals surface area contributed by atoms with Crippen LogP contribution in [0.5, 0.6) is 0 Å². The van der Waals surface area contributed by atoms with E-state index in [4.69, 9.17) is 4.42 Å². The van der Waals surface area contributed by atoms with Crippen molar-refractivity contribution in [3.8, 4) is 0 Å². The van der Waals surface area contributed by atoms with Gasteiger partial charge in [-0.25, -0.2) is 8.42 Å². The van der Waals surface area contributed by atoms with Gasteiger partial charge in [-0.05, 0) is 37.3 Å². The highest BCUT2D eigenvalue weighted by Gasteiger charge is 2.34.